The van der Waals surface area contributed by atoms with Crippen molar-refractivity contribution in [1.29, 1.82) is 0 Å². The quantitative estimate of drug-likeness (QED) is 0.924. The molecule has 0 spiro atoms. The van der Waals surface area contributed by atoms with E-state index in [1.165, 1.54) is 10.7 Å². The summed E-state index contributed by atoms with van der Waals surface area (Å²) in [5, 5.41) is 3.01. The molecule has 1 saturated heterocycles. The molecule has 0 unspecified atom stereocenters. The lowest BCUT2D eigenvalue weighted by molar-refractivity contribution is 0.415. The maximum Gasteiger partial charge on any atom is 0.267 e. The molecular weight excluding hydrogens is 292 g/mol. The number of nitrogens with one attached hydrogen (secondary N) is 1. The van der Waals surface area contributed by atoms with Gasteiger partial charge in [0.1, 0.15) is 5.75 Å². The largest absolute Gasteiger partial charge is 0.497 e. The summed E-state index contributed by atoms with van der Waals surface area (Å²) >= 11 is 0. The lowest BCUT2D eigenvalue weighted by atomic mass is 10.1. The van der Waals surface area contributed by atoms with Crippen LogP contribution >= 0.6 is 0 Å². The van der Waals surface area contributed by atoms with Crippen molar-refractivity contribution in [2.45, 2.75) is 12.5 Å². The van der Waals surface area contributed by atoms with Crippen LogP contribution in [0, 0.1) is 0 Å². The second-order valence-electron chi connectivity index (χ2n) is 5.17. The van der Waals surface area contributed by atoms with Gasteiger partial charge in [-0.2, -0.15) is 0 Å². The van der Waals surface area contributed by atoms with Crippen molar-refractivity contribution in [2.75, 3.05) is 18.6 Å². The summed E-state index contributed by atoms with van der Waals surface area (Å²) < 4.78 is 29.7. The van der Waals surface area contributed by atoms with E-state index in [1.54, 1.807) is 7.11 Å². The summed E-state index contributed by atoms with van der Waals surface area (Å²) in [4.78, 5) is 12.1. The van der Waals surface area contributed by atoms with Crippen molar-refractivity contribution in [3.63, 3.8) is 0 Å². The number of sulfone groups is 1. The Balaban J connectivity index is 1.96. The van der Waals surface area contributed by atoms with Crippen LogP contribution in [0.2, 0.25) is 0 Å². The smallest absolute Gasteiger partial charge is 0.267 e. The minimum Gasteiger partial charge on any atom is -0.497 e. The number of hydrogen-bond donors (Lipinski definition) is 1. The Morgan fingerprint density at radius 2 is 2.14 bits per heavy atom. The van der Waals surface area contributed by atoms with Crippen molar-refractivity contribution in [1.82, 2.24) is 9.78 Å². The predicted molar refractivity (Wildman–Crippen MR) is 79.3 cm³/mol. The van der Waals surface area contributed by atoms with Crippen LogP contribution in [0.1, 0.15) is 12.5 Å². The zero-order valence-electron chi connectivity index (χ0n) is 11.6. The van der Waals surface area contributed by atoms with E-state index in [0.29, 0.717) is 17.9 Å². The molecule has 7 heteroatoms. The lowest BCUT2D eigenvalue weighted by Crippen LogP contribution is -2.22. The molecule has 1 N–H and O–H groups in total. The molecule has 1 aromatic carbocycles. The minimum atomic E-state index is -3.03. The van der Waals surface area contributed by atoms with Crippen LogP contribution in [-0.2, 0) is 9.84 Å². The third-order valence-electron chi connectivity index (χ3n) is 3.70. The second-order valence-corrected chi connectivity index (χ2v) is 7.40. The summed E-state index contributed by atoms with van der Waals surface area (Å²) in [6, 6.07) is 8.53. The zero-order valence-corrected chi connectivity index (χ0v) is 12.4. The number of hydrogen-bond acceptors (Lipinski definition) is 4. The molecule has 6 nitrogen and oxygen atoms in total. The minimum absolute atomic E-state index is 0.0188. The van der Waals surface area contributed by atoms with E-state index in [-0.39, 0.29) is 23.1 Å². The molecule has 1 fully saturated rings. The Morgan fingerprint density at radius 1 is 1.33 bits per heavy atom. The van der Waals surface area contributed by atoms with Crippen molar-refractivity contribution in [3.8, 4) is 17.0 Å². The first-order valence-electron chi connectivity index (χ1n) is 6.65. The van der Waals surface area contributed by atoms with Gasteiger partial charge in [-0.05, 0) is 18.6 Å². The summed E-state index contributed by atoms with van der Waals surface area (Å²) in [5.41, 5.74) is 1.27. The third-order valence-corrected chi connectivity index (χ3v) is 5.45. The number of nitrogens with zero attached hydrogens (tertiary/aromatic N) is 1. The molecule has 3 rings (SSSR count). The van der Waals surface area contributed by atoms with E-state index in [9.17, 15) is 13.2 Å². The van der Waals surface area contributed by atoms with E-state index < -0.39 is 9.84 Å². The predicted octanol–water partition coefficient (Wildman–Crippen LogP) is 1.21. The van der Waals surface area contributed by atoms with E-state index in [0.717, 1.165) is 5.56 Å². The molecular formula is C14H16N2O4S. The molecule has 0 radical (unpaired) electrons. The first-order chi connectivity index (χ1) is 9.98. The van der Waals surface area contributed by atoms with Crippen molar-refractivity contribution >= 4 is 9.84 Å². The van der Waals surface area contributed by atoms with Crippen LogP contribution in [0.15, 0.2) is 35.1 Å². The number of H-pyrrole nitrogens is 1. The van der Waals surface area contributed by atoms with Crippen molar-refractivity contribution < 1.29 is 13.2 Å². The first-order valence-corrected chi connectivity index (χ1v) is 8.47. The van der Waals surface area contributed by atoms with E-state index >= 15 is 0 Å². The highest BCUT2D eigenvalue weighted by molar-refractivity contribution is 7.91. The van der Waals surface area contributed by atoms with Gasteiger partial charge in [-0.1, -0.05) is 12.1 Å². The van der Waals surface area contributed by atoms with E-state index in [2.05, 4.69) is 5.10 Å². The fourth-order valence-corrected chi connectivity index (χ4v) is 4.30. The maximum absolute atomic E-state index is 12.1. The topological polar surface area (TPSA) is 81.2 Å². The summed E-state index contributed by atoms with van der Waals surface area (Å²) in [7, 11) is -1.45. The molecule has 0 aliphatic carbocycles. The molecule has 0 bridgehead atoms. The Labute approximate surface area is 122 Å². The molecule has 1 atom stereocenters. The SMILES string of the molecule is COc1cccc(-c2cc(=O)n([C@H]3CCS(=O)(=O)C3)[nH]2)c1. The Morgan fingerprint density at radius 3 is 2.81 bits per heavy atom. The average Bonchev–Trinajstić information content (AvgIpc) is 3.01. The molecule has 1 aliphatic heterocycles. The highest BCUT2D eigenvalue weighted by atomic mass is 32.2. The van der Waals surface area contributed by atoms with Crippen molar-refractivity contribution in [3.05, 3.63) is 40.7 Å². The number of aromatic amines is 1. The van der Waals surface area contributed by atoms with Crippen LogP contribution < -0.4 is 10.3 Å². The van der Waals surface area contributed by atoms with Gasteiger partial charge in [0, 0.05) is 11.6 Å². The Kier molecular flexibility index (Phi) is 3.36. The highest BCUT2D eigenvalue weighted by Crippen LogP contribution is 2.25. The van der Waals surface area contributed by atoms with Gasteiger partial charge in [-0.3, -0.25) is 9.89 Å². The molecule has 0 amide bonds. The number of benzene rings is 1. The number of methoxy groups -OCH3 is 1. The summed E-state index contributed by atoms with van der Waals surface area (Å²) in [6.45, 7) is 0. The molecule has 0 saturated carbocycles. The fraction of sp³-hybridized carbons (Fsp3) is 0.357. The number of ether oxygens (including phenoxy) is 1. The van der Waals surface area contributed by atoms with Crippen LogP contribution in [0.3, 0.4) is 0 Å². The molecule has 2 aromatic rings. The highest BCUT2D eigenvalue weighted by Gasteiger charge is 2.30. The Bertz CT molecular complexity index is 819. The average molecular weight is 308 g/mol. The lowest BCUT2D eigenvalue weighted by Gasteiger charge is -2.08. The van der Waals surface area contributed by atoms with Crippen LogP contribution in [0.4, 0.5) is 0 Å². The molecule has 112 valence electrons. The molecule has 21 heavy (non-hydrogen) atoms. The molecule has 1 aliphatic rings. The van der Waals surface area contributed by atoms with Gasteiger partial charge in [-0.15, -0.1) is 0 Å². The number of aromatic nitrogens is 2. The second kappa shape index (κ2) is 5.07. The zero-order chi connectivity index (χ0) is 15.0. The normalized spacial score (nSPS) is 20.5. The van der Waals surface area contributed by atoms with Gasteiger partial charge >= 0.3 is 0 Å². The Hall–Kier alpha value is -2.02. The van der Waals surface area contributed by atoms with E-state index in [4.69, 9.17) is 4.74 Å². The monoisotopic (exact) mass is 308 g/mol. The van der Waals surface area contributed by atoms with Crippen LogP contribution in [0.25, 0.3) is 11.3 Å². The maximum atomic E-state index is 12.1. The summed E-state index contributed by atoms with van der Waals surface area (Å²) in [6.07, 6.45) is 0.473. The van der Waals surface area contributed by atoms with Crippen LogP contribution in [-0.4, -0.2) is 36.8 Å². The number of rotatable bonds is 3. The standard InChI is InChI=1S/C14H16N2O4S/c1-20-12-4-2-3-10(7-12)13-8-14(17)16(15-13)11-5-6-21(18,19)9-11/h2-4,7-8,11,15H,5-6,9H2,1H3/t11-/m0/s1. The van der Waals surface area contributed by atoms with Gasteiger partial charge < -0.3 is 4.74 Å². The van der Waals surface area contributed by atoms with Gasteiger partial charge in [0.2, 0.25) is 0 Å². The fourth-order valence-electron chi connectivity index (χ4n) is 2.60. The van der Waals surface area contributed by atoms with Crippen molar-refractivity contribution in [2.24, 2.45) is 0 Å². The first kappa shape index (κ1) is 13.9. The molecule has 2 heterocycles. The van der Waals surface area contributed by atoms with Crippen LogP contribution in [0.5, 0.6) is 5.75 Å². The van der Waals surface area contributed by atoms with Gasteiger partial charge in [0.05, 0.1) is 30.4 Å². The molecule has 1 aromatic heterocycles. The van der Waals surface area contributed by atoms with Gasteiger partial charge in [-0.25, -0.2) is 13.1 Å². The van der Waals surface area contributed by atoms with Gasteiger partial charge in [0.25, 0.3) is 5.56 Å². The van der Waals surface area contributed by atoms with Gasteiger partial charge in [0.15, 0.2) is 9.84 Å². The third kappa shape index (κ3) is 2.73. The summed E-state index contributed by atoms with van der Waals surface area (Å²) in [5.74, 6) is 0.854. The van der Waals surface area contributed by atoms with E-state index in [1.807, 2.05) is 24.3 Å².